The quantitative estimate of drug-likeness (QED) is 0.876. The molecule has 114 valence electrons. The maximum Gasteiger partial charge on any atom is 0.246 e. The summed E-state index contributed by atoms with van der Waals surface area (Å²) in [5.41, 5.74) is 0.799. The molecule has 6 heteroatoms. The van der Waals surface area contributed by atoms with E-state index in [9.17, 15) is 9.59 Å². The molecular formula is C15H21N3O3. The number of rotatable bonds is 4. The molecule has 0 unspecified atom stereocenters. The van der Waals surface area contributed by atoms with Crippen molar-refractivity contribution in [2.45, 2.75) is 13.0 Å². The second kappa shape index (κ2) is 6.58. The molecule has 1 aliphatic rings. The van der Waals surface area contributed by atoms with Crippen molar-refractivity contribution in [3.63, 3.8) is 0 Å². The topological polar surface area (TPSA) is 61.9 Å². The van der Waals surface area contributed by atoms with Crippen LogP contribution < -0.4 is 15.0 Å². The van der Waals surface area contributed by atoms with Crippen molar-refractivity contribution in [3.05, 3.63) is 24.3 Å². The fraction of sp³-hybridized carbons (Fsp3) is 0.467. The predicted octanol–water partition coefficient (Wildman–Crippen LogP) is 0.478. The van der Waals surface area contributed by atoms with Crippen LogP contribution in [0.4, 0.5) is 5.69 Å². The molecule has 1 saturated heterocycles. The highest BCUT2D eigenvalue weighted by molar-refractivity contribution is 5.98. The number of carbonyl (C=O) groups excluding carboxylic acids is 2. The van der Waals surface area contributed by atoms with Crippen LogP contribution >= 0.6 is 0 Å². The molecule has 0 saturated carbocycles. The number of amides is 2. The molecule has 0 aromatic heterocycles. The number of benzene rings is 1. The minimum atomic E-state index is -0.277. The molecule has 1 aliphatic heterocycles. The summed E-state index contributed by atoms with van der Waals surface area (Å²) in [6.45, 7) is 2.94. The van der Waals surface area contributed by atoms with Crippen molar-refractivity contribution in [3.8, 4) is 5.75 Å². The van der Waals surface area contributed by atoms with Crippen LogP contribution in [0.2, 0.25) is 0 Å². The van der Waals surface area contributed by atoms with E-state index >= 15 is 0 Å². The largest absolute Gasteiger partial charge is 0.497 e. The van der Waals surface area contributed by atoms with Crippen LogP contribution in [0.1, 0.15) is 6.92 Å². The summed E-state index contributed by atoms with van der Waals surface area (Å²) in [4.78, 5) is 27.7. The standard InChI is InChI=1S/C15H21N3O3/c1-11(16-2)15(20)17-7-8-18(14(19)10-17)12-5-4-6-13(9-12)21-3/h4-6,9,11,16H,7-8,10H2,1-3H3/t11-/m0/s1. The number of carbonyl (C=O) groups is 2. The average molecular weight is 291 g/mol. The van der Waals surface area contributed by atoms with Gasteiger partial charge in [0.1, 0.15) is 12.3 Å². The zero-order valence-corrected chi connectivity index (χ0v) is 12.6. The number of ether oxygens (including phenoxy) is 1. The lowest BCUT2D eigenvalue weighted by molar-refractivity contribution is -0.138. The number of likely N-dealkylation sites (N-methyl/N-ethyl adjacent to an activating group) is 1. The Morgan fingerprint density at radius 2 is 2.14 bits per heavy atom. The third kappa shape index (κ3) is 3.33. The van der Waals surface area contributed by atoms with Crippen molar-refractivity contribution < 1.29 is 14.3 Å². The molecular weight excluding hydrogens is 270 g/mol. The Balaban J connectivity index is 2.07. The lowest BCUT2D eigenvalue weighted by atomic mass is 10.2. The molecule has 2 rings (SSSR count). The van der Waals surface area contributed by atoms with E-state index in [1.165, 1.54) is 0 Å². The van der Waals surface area contributed by atoms with Gasteiger partial charge in [0, 0.05) is 24.8 Å². The fourth-order valence-electron chi connectivity index (χ4n) is 2.31. The van der Waals surface area contributed by atoms with Crippen molar-refractivity contribution in [2.24, 2.45) is 0 Å². The summed E-state index contributed by atoms with van der Waals surface area (Å²) in [7, 11) is 3.33. The molecule has 0 aliphatic carbocycles. The Hall–Kier alpha value is -2.08. The van der Waals surface area contributed by atoms with Crippen LogP contribution in [0.5, 0.6) is 5.75 Å². The Morgan fingerprint density at radius 1 is 1.38 bits per heavy atom. The van der Waals surface area contributed by atoms with Gasteiger partial charge >= 0.3 is 0 Å². The molecule has 0 spiro atoms. The van der Waals surface area contributed by atoms with Gasteiger partial charge in [0.05, 0.1) is 13.2 Å². The summed E-state index contributed by atoms with van der Waals surface area (Å²) in [6.07, 6.45) is 0. The molecule has 1 heterocycles. The number of nitrogens with zero attached hydrogens (tertiary/aromatic N) is 2. The molecule has 1 atom stereocenters. The van der Waals surface area contributed by atoms with E-state index < -0.39 is 0 Å². The maximum absolute atomic E-state index is 12.3. The summed E-state index contributed by atoms with van der Waals surface area (Å²) in [6, 6.07) is 7.10. The number of anilines is 1. The highest BCUT2D eigenvalue weighted by Crippen LogP contribution is 2.22. The van der Waals surface area contributed by atoms with Crippen LogP contribution in [-0.2, 0) is 9.59 Å². The monoisotopic (exact) mass is 291 g/mol. The summed E-state index contributed by atoms with van der Waals surface area (Å²) in [5, 5.41) is 2.90. The molecule has 1 fully saturated rings. The van der Waals surface area contributed by atoms with Crippen molar-refractivity contribution in [2.75, 3.05) is 38.7 Å². The van der Waals surface area contributed by atoms with Crippen molar-refractivity contribution >= 4 is 17.5 Å². The first kappa shape index (κ1) is 15.3. The Morgan fingerprint density at radius 3 is 2.76 bits per heavy atom. The first-order valence-electron chi connectivity index (χ1n) is 6.97. The highest BCUT2D eigenvalue weighted by Gasteiger charge is 2.29. The minimum Gasteiger partial charge on any atom is -0.497 e. The van der Waals surface area contributed by atoms with Crippen LogP contribution in [0.3, 0.4) is 0 Å². The van der Waals surface area contributed by atoms with E-state index in [-0.39, 0.29) is 24.4 Å². The summed E-state index contributed by atoms with van der Waals surface area (Å²) < 4.78 is 5.18. The van der Waals surface area contributed by atoms with Gasteiger partial charge in [0.15, 0.2) is 0 Å². The van der Waals surface area contributed by atoms with Crippen LogP contribution in [0.25, 0.3) is 0 Å². The van der Waals surface area contributed by atoms with Gasteiger partial charge in [-0.05, 0) is 26.1 Å². The molecule has 1 aromatic rings. The van der Waals surface area contributed by atoms with E-state index in [2.05, 4.69) is 5.32 Å². The predicted molar refractivity (Wildman–Crippen MR) is 80.4 cm³/mol. The average Bonchev–Trinajstić information content (AvgIpc) is 2.53. The molecule has 1 N–H and O–H groups in total. The number of piperazine rings is 1. The SMILES string of the molecule is CN[C@@H](C)C(=O)N1CCN(c2cccc(OC)c2)C(=O)C1. The van der Waals surface area contributed by atoms with Gasteiger partial charge in [-0.2, -0.15) is 0 Å². The van der Waals surface area contributed by atoms with Crippen LogP contribution in [0, 0.1) is 0 Å². The van der Waals surface area contributed by atoms with Gasteiger partial charge in [0.2, 0.25) is 11.8 Å². The van der Waals surface area contributed by atoms with Gasteiger partial charge in [-0.15, -0.1) is 0 Å². The fourth-order valence-corrected chi connectivity index (χ4v) is 2.31. The lowest BCUT2D eigenvalue weighted by Crippen LogP contribution is -2.55. The molecule has 0 bridgehead atoms. The first-order chi connectivity index (χ1) is 10.1. The smallest absolute Gasteiger partial charge is 0.246 e. The Labute approximate surface area is 124 Å². The van der Waals surface area contributed by atoms with Crippen LogP contribution in [-0.4, -0.2) is 56.5 Å². The van der Waals surface area contributed by atoms with E-state index in [1.807, 2.05) is 24.3 Å². The van der Waals surface area contributed by atoms with E-state index in [4.69, 9.17) is 4.74 Å². The summed E-state index contributed by atoms with van der Waals surface area (Å²) in [5.74, 6) is 0.588. The third-order valence-corrected chi connectivity index (χ3v) is 3.70. The third-order valence-electron chi connectivity index (χ3n) is 3.70. The van der Waals surface area contributed by atoms with E-state index in [0.717, 1.165) is 5.69 Å². The number of nitrogens with one attached hydrogen (secondary N) is 1. The Bertz CT molecular complexity index is 533. The van der Waals surface area contributed by atoms with Gasteiger partial charge in [-0.25, -0.2) is 0 Å². The number of hydrogen-bond acceptors (Lipinski definition) is 4. The van der Waals surface area contributed by atoms with Gasteiger partial charge in [0.25, 0.3) is 0 Å². The highest BCUT2D eigenvalue weighted by atomic mass is 16.5. The van der Waals surface area contributed by atoms with Crippen LogP contribution in [0.15, 0.2) is 24.3 Å². The van der Waals surface area contributed by atoms with Gasteiger partial charge in [-0.3, -0.25) is 9.59 Å². The molecule has 6 nitrogen and oxygen atoms in total. The Kier molecular flexibility index (Phi) is 4.80. The van der Waals surface area contributed by atoms with Gasteiger partial charge < -0.3 is 19.9 Å². The van der Waals surface area contributed by atoms with Gasteiger partial charge in [-0.1, -0.05) is 6.07 Å². The molecule has 0 radical (unpaired) electrons. The maximum atomic E-state index is 12.3. The second-order valence-electron chi connectivity index (χ2n) is 5.02. The van der Waals surface area contributed by atoms with Crippen molar-refractivity contribution in [1.82, 2.24) is 10.2 Å². The minimum absolute atomic E-state index is 0.0452. The normalized spacial score (nSPS) is 16.8. The molecule has 1 aromatic carbocycles. The first-order valence-corrected chi connectivity index (χ1v) is 6.97. The lowest BCUT2D eigenvalue weighted by Gasteiger charge is -2.35. The van der Waals surface area contributed by atoms with Crippen molar-refractivity contribution in [1.29, 1.82) is 0 Å². The van der Waals surface area contributed by atoms with E-state index in [0.29, 0.717) is 18.8 Å². The molecule has 21 heavy (non-hydrogen) atoms. The molecule has 2 amide bonds. The number of methoxy groups -OCH3 is 1. The zero-order chi connectivity index (χ0) is 15.4. The summed E-state index contributed by atoms with van der Waals surface area (Å²) >= 11 is 0. The zero-order valence-electron chi connectivity index (χ0n) is 12.6. The second-order valence-corrected chi connectivity index (χ2v) is 5.02. The number of hydrogen-bond donors (Lipinski definition) is 1. The van der Waals surface area contributed by atoms with E-state index in [1.54, 1.807) is 30.9 Å².